The summed E-state index contributed by atoms with van der Waals surface area (Å²) in [5.74, 6) is 3.14. The SMILES string of the molecule is CN(C(N)=NCC1(N2CCOCC2)CCSC1)C1CC1.I. The Labute approximate surface area is 149 Å². The third-order valence-electron chi connectivity index (χ3n) is 4.76. The Morgan fingerprint density at radius 3 is 2.71 bits per heavy atom. The zero-order chi connectivity index (χ0) is 14.0. The number of rotatable bonds is 4. The van der Waals surface area contributed by atoms with E-state index in [1.54, 1.807) is 0 Å². The Balaban J connectivity index is 0.00000161. The molecule has 7 heteroatoms. The Bertz CT molecular complexity index is 366. The van der Waals surface area contributed by atoms with Crippen molar-refractivity contribution in [3.63, 3.8) is 0 Å². The molecule has 0 bridgehead atoms. The van der Waals surface area contributed by atoms with Crippen molar-refractivity contribution in [2.24, 2.45) is 10.7 Å². The van der Waals surface area contributed by atoms with Crippen LogP contribution in [0.4, 0.5) is 0 Å². The number of guanidine groups is 1. The van der Waals surface area contributed by atoms with Gasteiger partial charge in [-0.15, -0.1) is 24.0 Å². The largest absolute Gasteiger partial charge is 0.379 e. The third kappa shape index (κ3) is 4.17. The predicted molar refractivity (Wildman–Crippen MR) is 99.8 cm³/mol. The van der Waals surface area contributed by atoms with E-state index >= 15 is 0 Å². The normalized spacial score (nSPS) is 31.0. The van der Waals surface area contributed by atoms with E-state index in [4.69, 9.17) is 15.5 Å². The summed E-state index contributed by atoms with van der Waals surface area (Å²) in [6, 6.07) is 0.635. The molecular weight excluding hydrogens is 399 g/mol. The molecule has 1 unspecified atom stereocenters. The molecular formula is C14H27IN4OS. The first-order valence-corrected chi connectivity index (χ1v) is 8.80. The maximum atomic E-state index is 6.15. The van der Waals surface area contributed by atoms with Crippen LogP contribution in [0.1, 0.15) is 19.3 Å². The van der Waals surface area contributed by atoms with Crippen LogP contribution < -0.4 is 5.73 Å². The molecule has 0 aromatic rings. The lowest BCUT2D eigenvalue weighted by atomic mass is 9.96. The van der Waals surface area contributed by atoms with E-state index in [0.717, 1.165) is 38.8 Å². The second-order valence-corrected chi connectivity index (χ2v) is 7.25. The maximum Gasteiger partial charge on any atom is 0.191 e. The molecule has 1 atom stereocenters. The van der Waals surface area contributed by atoms with Gasteiger partial charge >= 0.3 is 0 Å². The van der Waals surface area contributed by atoms with Gasteiger partial charge in [-0.25, -0.2) is 0 Å². The van der Waals surface area contributed by atoms with Crippen molar-refractivity contribution in [2.75, 3.05) is 51.4 Å². The van der Waals surface area contributed by atoms with Crippen LogP contribution >= 0.6 is 35.7 Å². The Kier molecular flexibility index (Phi) is 6.46. The Morgan fingerprint density at radius 2 is 2.14 bits per heavy atom. The zero-order valence-electron chi connectivity index (χ0n) is 12.8. The molecule has 21 heavy (non-hydrogen) atoms. The van der Waals surface area contributed by atoms with Gasteiger partial charge in [0.2, 0.25) is 0 Å². The molecule has 0 aromatic carbocycles. The van der Waals surface area contributed by atoms with E-state index in [1.807, 2.05) is 11.8 Å². The van der Waals surface area contributed by atoms with Crippen LogP contribution in [0.2, 0.25) is 0 Å². The van der Waals surface area contributed by atoms with Crippen molar-refractivity contribution >= 4 is 41.7 Å². The highest BCUT2D eigenvalue weighted by molar-refractivity contribution is 14.0. The van der Waals surface area contributed by atoms with Crippen LogP contribution in [0.15, 0.2) is 4.99 Å². The van der Waals surface area contributed by atoms with E-state index in [1.165, 1.54) is 30.8 Å². The van der Waals surface area contributed by atoms with Gasteiger partial charge < -0.3 is 15.4 Å². The summed E-state index contributed by atoms with van der Waals surface area (Å²) in [7, 11) is 2.07. The quantitative estimate of drug-likeness (QED) is 0.416. The van der Waals surface area contributed by atoms with E-state index in [2.05, 4.69) is 16.8 Å². The molecule has 3 aliphatic rings. The summed E-state index contributed by atoms with van der Waals surface area (Å²) in [6.45, 7) is 4.62. The number of nitrogens with two attached hydrogens (primary N) is 1. The van der Waals surface area contributed by atoms with Crippen LogP contribution in [0.25, 0.3) is 0 Å². The third-order valence-corrected chi connectivity index (χ3v) is 5.99. The number of nitrogens with zero attached hydrogens (tertiary/aromatic N) is 3. The standard InChI is InChI=1S/C14H26N4OS.HI/c1-17(12-2-3-12)13(15)16-10-14(4-9-20-11-14)18-5-7-19-8-6-18;/h12H,2-11H2,1H3,(H2,15,16);1H. The highest BCUT2D eigenvalue weighted by Gasteiger charge is 2.40. The maximum absolute atomic E-state index is 6.15. The van der Waals surface area contributed by atoms with Gasteiger partial charge in [0.15, 0.2) is 5.96 Å². The first-order valence-electron chi connectivity index (χ1n) is 7.65. The van der Waals surface area contributed by atoms with Gasteiger partial charge in [0.05, 0.1) is 25.3 Å². The van der Waals surface area contributed by atoms with Gasteiger partial charge in [0, 0.05) is 31.9 Å². The lowest BCUT2D eigenvalue weighted by molar-refractivity contribution is -0.0104. The lowest BCUT2D eigenvalue weighted by Crippen LogP contribution is -2.56. The van der Waals surface area contributed by atoms with Crippen LogP contribution in [-0.2, 0) is 4.74 Å². The number of morpholine rings is 1. The Morgan fingerprint density at radius 1 is 1.43 bits per heavy atom. The van der Waals surface area contributed by atoms with Crippen LogP contribution in [0.5, 0.6) is 0 Å². The molecule has 5 nitrogen and oxygen atoms in total. The molecule has 1 aliphatic carbocycles. The minimum absolute atomic E-state index is 0. The average Bonchev–Trinajstić information content (AvgIpc) is 3.23. The topological polar surface area (TPSA) is 54.1 Å². The van der Waals surface area contributed by atoms with Crippen molar-refractivity contribution in [1.29, 1.82) is 0 Å². The summed E-state index contributed by atoms with van der Waals surface area (Å²) in [6.07, 6.45) is 3.75. The molecule has 2 aliphatic heterocycles. The highest BCUT2D eigenvalue weighted by atomic mass is 127. The van der Waals surface area contributed by atoms with E-state index in [-0.39, 0.29) is 29.5 Å². The minimum Gasteiger partial charge on any atom is -0.379 e. The van der Waals surface area contributed by atoms with E-state index in [0.29, 0.717) is 6.04 Å². The van der Waals surface area contributed by atoms with Crippen LogP contribution in [-0.4, -0.2) is 78.7 Å². The number of hydrogen-bond acceptors (Lipinski definition) is 4. The lowest BCUT2D eigenvalue weighted by Gasteiger charge is -2.42. The van der Waals surface area contributed by atoms with Gasteiger partial charge in [-0.05, 0) is 25.0 Å². The summed E-state index contributed by atoms with van der Waals surface area (Å²) < 4.78 is 5.49. The molecule has 0 amide bonds. The second kappa shape index (κ2) is 7.70. The number of thioether (sulfide) groups is 1. The molecule has 2 heterocycles. The average molecular weight is 426 g/mol. The van der Waals surface area contributed by atoms with Crippen molar-refractivity contribution in [1.82, 2.24) is 9.80 Å². The molecule has 2 saturated heterocycles. The van der Waals surface area contributed by atoms with E-state index in [9.17, 15) is 0 Å². The van der Waals surface area contributed by atoms with Gasteiger partial charge in [0.25, 0.3) is 0 Å². The molecule has 1 saturated carbocycles. The first-order chi connectivity index (χ1) is 9.71. The summed E-state index contributed by atoms with van der Waals surface area (Å²) in [5, 5.41) is 0. The van der Waals surface area contributed by atoms with Crippen molar-refractivity contribution in [3.8, 4) is 0 Å². The van der Waals surface area contributed by atoms with E-state index < -0.39 is 0 Å². The molecule has 3 fully saturated rings. The molecule has 0 radical (unpaired) electrons. The van der Waals surface area contributed by atoms with Crippen molar-refractivity contribution in [3.05, 3.63) is 0 Å². The fourth-order valence-corrected chi connectivity index (χ4v) is 4.56. The van der Waals surface area contributed by atoms with Crippen LogP contribution in [0.3, 0.4) is 0 Å². The summed E-state index contributed by atoms with van der Waals surface area (Å²) in [5.41, 5.74) is 6.36. The van der Waals surface area contributed by atoms with Crippen molar-refractivity contribution < 1.29 is 4.74 Å². The molecule has 122 valence electrons. The number of ether oxygens (including phenoxy) is 1. The fraction of sp³-hybridized carbons (Fsp3) is 0.929. The highest BCUT2D eigenvalue weighted by Crippen LogP contribution is 2.34. The zero-order valence-corrected chi connectivity index (χ0v) is 15.9. The fourth-order valence-electron chi connectivity index (χ4n) is 3.10. The molecule has 0 aromatic heterocycles. The molecule has 2 N–H and O–H groups in total. The van der Waals surface area contributed by atoms with Gasteiger partial charge in [0.1, 0.15) is 0 Å². The number of hydrogen-bond donors (Lipinski definition) is 1. The smallest absolute Gasteiger partial charge is 0.191 e. The van der Waals surface area contributed by atoms with Gasteiger partial charge in [-0.3, -0.25) is 9.89 Å². The molecule has 3 rings (SSSR count). The number of halogens is 1. The Hall–Kier alpha value is 0.270. The van der Waals surface area contributed by atoms with Gasteiger partial charge in [-0.2, -0.15) is 11.8 Å². The second-order valence-electron chi connectivity index (χ2n) is 6.14. The van der Waals surface area contributed by atoms with Gasteiger partial charge in [-0.1, -0.05) is 0 Å². The summed E-state index contributed by atoms with van der Waals surface area (Å²) >= 11 is 2.05. The monoisotopic (exact) mass is 426 g/mol. The predicted octanol–water partition coefficient (Wildman–Crippen LogP) is 1.22. The summed E-state index contributed by atoms with van der Waals surface area (Å²) in [4.78, 5) is 9.47. The number of aliphatic imine (C=N–C) groups is 1. The minimum atomic E-state index is 0. The van der Waals surface area contributed by atoms with Crippen molar-refractivity contribution in [2.45, 2.75) is 30.8 Å². The molecule has 0 spiro atoms. The first kappa shape index (κ1) is 17.6. The van der Waals surface area contributed by atoms with Crippen LogP contribution in [0, 0.1) is 0 Å².